The summed E-state index contributed by atoms with van der Waals surface area (Å²) in [6.07, 6.45) is 1.68. The minimum Gasteiger partial charge on any atom is -0.348 e. The second-order valence-electron chi connectivity index (χ2n) is 3.08. The van der Waals surface area contributed by atoms with E-state index in [0.717, 1.165) is 5.01 Å². The lowest BCUT2D eigenvalue weighted by molar-refractivity contribution is -0.127. The molecular weight excluding hydrogens is 246 g/mol. The summed E-state index contributed by atoms with van der Waals surface area (Å²) < 4.78 is 0. The molecule has 0 aromatic carbocycles. The molecule has 1 heterocycles. The van der Waals surface area contributed by atoms with Crippen molar-refractivity contribution in [1.82, 2.24) is 15.6 Å². The Labute approximate surface area is 103 Å². The van der Waals surface area contributed by atoms with E-state index in [1.165, 1.54) is 18.3 Å². The van der Waals surface area contributed by atoms with Gasteiger partial charge in [-0.05, 0) is 0 Å². The molecule has 5 nitrogen and oxygen atoms in total. The van der Waals surface area contributed by atoms with E-state index in [0.29, 0.717) is 6.54 Å². The van der Waals surface area contributed by atoms with Gasteiger partial charge in [-0.3, -0.25) is 9.59 Å². The first kappa shape index (κ1) is 13.0. The summed E-state index contributed by atoms with van der Waals surface area (Å²) in [6, 6.07) is -0.596. The molecule has 0 saturated carbocycles. The summed E-state index contributed by atoms with van der Waals surface area (Å²) in [5.41, 5.74) is 0. The normalized spacial score (nSPS) is 11.9. The van der Waals surface area contributed by atoms with Crippen LogP contribution >= 0.6 is 24.0 Å². The number of rotatable bonds is 5. The number of aromatic nitrogens is 1. The van der Waals surface area contributed by atoms with Crippen LogP contribution in [0.4, 0.5) is 0 Å². The van der Waals surface area contributed by atoms with Crippen LogP contribution in [0.5, 0.6) is 0 Å². The van der Waals surface area contributed by atoms with Crippen LogP contribution in [0.1, 0.15) is 11.9 Å². The Bertz CT molecular complexity index is 354. The fraction of sp³-hybridized carbons (Fsp3) is 0.444. The molecule has 1 atom stereocenters. The van der Waals surface area contributed by atoms with E-state index in [9.17, 15) is 9.59 Å². The molecule has 2 amide bonds. The van der Waals surface area contributed by atoms with Crippen LogP contribution < -0.4 is 10.6 Å². The molecule has 1 aromatic heterocycles. The molecule has 88 valence electrons. The largest absolute Gasteiger partial charge is 0.348 e. The van der Waals surface area contributed by atoms with E-state index in [-0.39, 0.29) is 17.6 Å². The molecule has 0 radical (unpaired) electrons. The molecule has 1 aromatic rings. The molecule has 16 heavy (non-hydrogen) atoms. The van der Waals surface area contributed by atoms with E-state index < -0.39 is 6.04 Å². The van der Waals surface area contributed by atoms with Gasteiger partial charge in [-0.2, -0.15) is 12.6 Å². The molecule has 0 saturated heterocycles. The number of carbonyl (C=O) groups excluding carboxylic acids is 2. The highest BCUT2D eigenvalue weighted by atomic mass is 32.1. The van der Waals surface area contributed by atoms with Crippen molar-refractivity contribution >= 4 is 35.8 Å². The van der Waals surface area contributed by atoms with Crippen molar-refractivity contribution in [2.24, 2.45) is 0 Å². The third-order valence-electron chi connectivity index (χ3n) is 1.77. The smallest absolute Gasteiger partial charge is 0.243 e. The maximum absolute atomic E-state index is 11.6. The summed E-state index contributed by atoms with van der Waals surface area (Å²) in [6.45, 7) is 1.74. The summed E-state index contributed by atoms with van der Waals surface area (Å²) in [5, 5.41) is 7.87. The first-order valence-electron chi connectivity index (χ1n) is 4.67. The quantitative estimate of drug-likeness (QED) is 0.661. The van der Waals surface area contributed by atoms with Crippen LogP contribution in [-0.2, 0) is 16.1 Å². The Hall–Kier alpha value is -1.08. The predicted octanol–water partition coefficient (Wildman–Crippen LogP) is 0.194. The SMILES string of the molecule is CC(=O)NC(CS)C(=O)NCc1nccs1. The van der Waals surface area contributed by atoms with Crippen LogP contribution in [-0.4, -0.2) is 28.6 Å². The van der Waals surface area contributed by atoms with Gasteiger partial charge in [0.15, 0.2) is 0 Å². The van der Waals surface area contributed by atoms with Crippen LogP contribution in [0.2, 0.25) is 0 Å². The lowest BCUT2D eigenvalue weighted by Gasteiger charge is -2.14. The number of carbonyl (C=O) groups is 2. The lowest BCUT2D eigenvalue weighted by atomic mass is 10.3. The van der Waals surface area contributed by atoms with E-state index >= 15 is 0 Å². The van der Waals surface area contributed by atoms with Gasteiger partial charge in [0.05, 0.1) is 6.54 Å². The highest BCUT2D eigenvalue weighted by Crippen LogP contribution is 2.02. The molecule has 2 N–H and O–H groups in total. The number of nitrogens with zero attached hydrogens (tertiary/aromatic N) is 1. The fourth-order valence-corrected chi connectivity index (χ4v) is 1.88. The van der Waals surface area contributed by atoms with Crippen LogP contribution in [0, 0.1) is 0 Å². The molecule has 0 fully saturated rings. The molecule has 0 spiro atoms. The molecule has 0 aliphatic heterocycles. The Balaban J connectivity index is 2.40. The highest BCUT2D eigenvalue weighted by Gasteiger charge is 2.17. The molecule has 1 rings (SSSR count). The van der Waals surface area contributed by atoms with Gasteiger partial charge in [0.25, 0.3) is 0 Å². The Morgan fingerprint density at radius 3 is 2.88 bits per heavy atom. The average Bonchev–Trinajstić information content (AvgIpc) is 2.75. The van der Waals surface area contributed by atoms with Gasteiger partial charge in [-0.1, -0.05) is 0 Å². The second-order valence-corrected chi connectivity index (χ2v) is 4.42. The zero-order valence-corrected chi connectivity index (χ0v) is 10.5. The molecule has 0 aliphatic carbocycles. The maximum atomic E-state index is 11.6. The van der Waals surface area contributed by atoms with E-state index in [2.05, 4.69) is 28.2 Å². The molecule has 7 heteroatoms. The molecular formula is C9H13N3O2S2. The van der Waals surface area contributed by atoms with Crippen molar-refractivity contribution in [2.45, 2.75) is 19.5 Å². The van der Waals surface area contributed by atoms with Crippen molar-refractivity contribution in [2.75, 3.05) is 5.75 Å². The van der Waals surface area contributed by atoms with Crippen molar-refractivity contribution < 1.29 is 9.59 Å². The van der Waals surface area contributed by atoms with E-state index in [1.54, 1.807) is 6.20 Å². The number of nitrogens with one attached hydrogen (secondary N) is 2. The Kier molecular flexibility index (Phi) is 5.27. The summed E-state index contributed by atoms with van der Waals surface area (Å²) in [7, 11) is 0. The van der Waals surface area contributed by atoms with Gasteiger partial charge in [0.2, 0.25) is 11.8 Å². The topological polar surface area (TPSA) is 71.1 Å². The first-order valence-corrected chi connectivity index (χ1v) is 6.18. The van der Waals surface area contributed by atoms with E-state index in [1.807, 2.05) is 5.38 Å². The maximum Gasteiger partial charge on any atom is 0.243 e. The van der Waals surface area contributed by atoms with Gasteiger partial charge >= 0.3 is 0 Å². The third-order valence-corrected chi connectivity index (χ3v) is 2.92. The number of hydrogen-bond donors (Lipinski definition) is 3. The zero-order chi connectivity index (χ0) is 12.0. The lowest BCUT2D eigenvalue weighted by Crippen LogP contribution is -2.47. The monoisotopic (exact) mass is 259 g/mol. The summed E-state index contributed by atoms with van der Waals surface area (Å²) >= 11 is 5.47. The van der Waals surface area contributed by atoms with E-state index in [4.69, 9.17) is 0 Å². The minimum absolute atomic E-state index is 0.247. The van der Waals surface area contributed by atoms with Crippen molar-refractivity contribution in [3.8, 4) is 0 Å². The number of thiazole rings is 1. The first-order chi connectivity index (χ1) is 7.63. The minimum atomic E-state index is -0.596. The van der Waals surface area contributed by atoms with Gasteiger partial charge in [0.1, 0.15) is 11.0 Å². The molecule has 1 unspecified atom stereocenters. The predicted molar refractivity (Wildman–Crippen MR) is 65.4 cm³/mol. The Morgan fingerprint density at radius 1 is 1.62 bits per heavy atom. The zero-order valence-electron chi connectivity index (χ0n) is 8.77. The number of amides is 2. The third kappa shape index (κ3) is 4.19. The molecule has 0 aliphatic rings. The van der Waals surface area contributed by atoms with Crippen LogP contribution in [0.25, 0.3) is 0 Å². The average molecular weight is 259 g/mol. The van der Waals surface area contributed by atoms with Gasteiger partial charge < -0.3 is 10.6 Å². The fourth-order valence-electron chi connectivity index (χ4n) is 1.07. The Morgan fingerprint density at radius 2 is 2.38 bits per heavy atom. The number of thiol groups is 1. The standard InChI is InChI=1S/C9H13N3O2S2/c1-6(13)12-7(5-15)9(14)11-4-8-10-2-3-16-8/h2-3,7,15H,4-5H2,1H3,(H,11,14)(H,12,13). The molecule has 0 bridgehead atoms. The number of hydrogen-bond acceptors (Lipinski definition) is 5. The second kappa shape index (κ2) is 6.49. The van der Waals surface area contributed by atoms with Crippen LogP contribution in [0.3, 0.4) is 0 Å². The summed E-state index contributed by atoms with van der Waals surface area (Å²) in [4.78, 5) is 26.5. The van der Waals surface area contributed by atoms with Crippen LogP contribution in [0.15, 0.2) is 11.6 Å². The summed E-state index contributed by atoms with van der Waals surface area (Å²) in [5.74, 6) is -0.229. The van der Waals surface area contributed by atoms with Crippen molar-refractivity contribution in [3.63, 3.8) is 0 Å². The van der Waals surface area contributed by atoms with Gasteiger partial charge in [0, 0.05) is 24.3 Å². The van der Waals surface area contributed by atoms with Gasteiger partial charge in [-0.15, -0.1) is 11.3 Å². The van der Waals surface area contributed by atoms with Crippen molar-refractivity contribution in [1.29, 1.82) is 0 Å². The van der Waals surface area contributed by atoms with Gasteiger partial charge in [-0.25, -0.2) is 4.98 Å². The van der Waals surface area contributed by atoms with Crippen molar-refractivity contribution in [3.05, 3.63) is 16.6 Å². The highest BCUT2D eigenvalue weighted by molar-refractivity contribution is 7.80.